The van der Waals surface area contributed by atoms with Gasteiger partial charge in [-0.2, -0.15) is 0 Å². The van der Waals surface area contributed by atoms with Gasteiger partial charge in [0.2, 0.25) is 0 Å². The molecule has 2 heteroatoms. The molecule has 1 aliphatic rings. The first kappa shape index (κ1) is 13.4. The Balaban J connectivity index is 1.74. The molecule has 2 nitrogen and oxygen atoms in total. The zero-order valence-corrected chi connectivity index (χ0v) is 11.8. The molecule has 1 atom stereocenters. The van der Waals surface area contributed by atoms with Crippen molar-refractivity contribution in [1.29, 1.82) is 0 Å². The van der Waals surface area contributed by atoms with Crippen LogP contribution in [0.25, 0.3) is 0 Å². The van der Waals surface area contributed by atoms with Gasteiger partial charge in [0.1, 0.15) is 5.75 Å². The number of hydrogen-bond donors (Lipinski definition) is 1. The van der Waals surface area contributed by atoms with Gasteiger partial charge in [-0.05, 0) is 50.8 Å². The predicted octanol–water partition coefficient (Wildman–Crippen LogP) is 3.75. The van der Waals surface area contributed by atoms with E-state index in [1.165, 1.54) is 24.8 Å². The Hall–Kier alpha value is -1.02. The highest BCUT2D eigenvalue weighted by Crippen LogP contribution is 2.33. The quantitative estimate of drug-likeness (QED) is 0.792. The molecule has 1 saturated carbocycles. The molecule has 0 spiro atoms. The average molecular weight is 247 g/mol. The molecule has 1 N–H and O–H groups in total. The summed E-state index contributed by atoms with van der Waals surface area (Å²) < 4.78 is 5.64. The van der Waals surface area contributed by atoms with E-state index in [1.54, 1.807) is 0 Å². The summed E-state index contributed by atoms with van der Waals surface area (Å²) in [6.07, 6.45) is 4.45. The van der Waals surface area contributed by atoms with Crippen molar-refractivity contribution in [2.45, 2.75) is 58.7 Å². The van der Waals surface area contributed by atoms with Crippen LogP contribution < -0.4 is 10.1 Å². The second-order valence-corrected chi connectivity index (χ2v) is 5.77. The second kappa shape index (κ2) is 6.24. The highest BCUT2D eigenvalue weighted by atomic mass is 16.5. The van der Waals surface area contributed by atoms with Crippen molar-refractivity contribution < 1.29 is 4.74 Å². The van der Waals surface area contributed by atoms with Gasteiger partial charge in [0.25, 0.3) is 0 Å². The van der Waals surface area contributed by atoms with Crippen LogP contribution in [0.3, 0.4) is 0 Å². The first-order valence-corrected chi connectivity index (χ1v) is 7.12. The van der Waals surface area contributed by atoms with Gasteiger partial charge in [-0.25, -0.2) is 0 Å². The van der Waals surface area contributed by atoms with E-state index in [4.69, 9.17) is 4.74 Å². The van der Waals surface area contributed by atoms with Gasteiger partial charge in [0, 0.05) is 12.6 Å². The highest BCUT2D eigenvalue weighted by Gasteiger charge is 2.23. The first-order valence-electron chi connectivity index (χ1n) is 7.12. The summed E-state index contributed by atoms with van der Waals surface area (Å²) in [6, 6.07) is 9.04. The van der Waals surface area contributed by atoms with Gasteiger partial charge in [0.05, 0.1) is 6.10 Å². The van der Waals surface area contributed by atoms with E-state index in [0.29, 0.717) is 6.04 Å². The molecule has 1 aromatic carbocycles. The smallest absolute Gasteiger partial charge is 0.119 e. The van der Waals surface area contributed by atoms with Crippen LogP contribution in [-0.2, 0) is 6.54 Å². The third kappa shape index (κ3) is 4.69. The zero-order chi connectivity index (χ0) is 13.0. The van der Waals surface area contributed by atoms with Crippen molar-refractivity contribution in [3.8, 4) is 5.75 Å². The minimum absolute atomic E-state index is 0.243. The lowest BCUT2D eigenvalue weighted by molar-refractivity contribution is 0.242. The molecule has 0 aromatic heterocycles. The summed E-state index contributed by atoms with van der Waals surface area (Å²) in [5.41, 5.74) is 1.33. The van der Waals surface area contributed by atoms with Crippen LogP contribution in [0.15, 0.2) is 24.3 Å². The Labute approximate surface area is 111 Å². The Kier molecular flexibility index (Phi) is 4.65. The molecule has 1 aromatic rings. The van der Waals surface area contributed by atoms with Crippen molar-refractivity contribution in [2.24, 2.45) is 5.92 Å². The van der Waals surface area contributed by atoms with Crippen molar-refractivity contribution in [1.82, 2.24) is 5.32 Å². The van der Waals surface area contributed by atoms with E-state index in [9.17, 15) is 0 Å². The van der Waals surface area contributed by atoms with Gasteiger partial charge >= 0.3 is 0 Å². The van der Waals surface area contributed by atoms with Crippen LogP contribution >= 0.6 is 0 Å². The van der Waals surface area contributed by atoms with Crippen LogP contribution in [0.5, 0.6) is 5.75 Å². The van der Waals surface area contributed by atoms with Crippen LogP contribution in [0.4, 0.5) is 0 Å². The number of rotatable bonds is 7. The molecular formula is C16H25NO. The Morgan fingerprint density at radius 3 is 2.39 bits per heavy atom. The molecule has 0 saturated heterocycles. The Bertz CT molecular complexity index is 354. The van der Waals surface area contributed by atoms with Gasteiger partial charge in [-0.1, -0.05) is 25.0 Å². The second-order valence-electron chi connectivity index (χ2n) is 5.77. The summed E-state index contributed by atoms with van der Waals surface area (Å²) in [5.74, 6) is 1.95. The SMILES string of the molecule is CC(CC1CC1)NCc1ccc(OC(C)C)cc1. The molecule has 2 rings (SSSR count). The van der Waals surface area contributed by atoms with E-state index in [-0.39, 0.29) is 6.10 Å². The normalized spacial score (nSPS) is 16.9. The maximum atomic E-state index is 5.64. The first-order chi connectivity index (χ1) is 8.63. The van der Waals surface area contributed by atoms with Gasteiger partial charge < -0.3 is 10.1 Å². The van der Waals surface area contributed by atoms with E-state index in [0.717, 1.165) is 18.2 Å². The largest absolute Gasteiger partial charge is 0.491 e. The van der Waals surface area contributed by atoms with Crippen LogP contribution in [0, 0.1) is 5.92 Å². The Morgan fingerprint density at radius 1 is 1.17 bits per heavy atom. The topological polar surface area (TPSA) is 21.3 Å². The van der Waals surface area contributed by atoms with Crippen molar-refractivity contribution in [2.75, 3.05) is 0 Å². The summed E-state index contributed by atoms with van der Waals surface area (Å²) in [6.45, 7) is 7.34. The summed E-state index contributed by atoms with van der Waals surface area (Å²) >= 11 is 0. The fraction of sp³-hybridized carbons (Fsp3) is 0.625. The van der Waals surface area contributed by atoms with Crippen LogP contribution in [-0.4, -0.2) is 12.1 Å². The number of benzene rings is 1. The van der Waals surface area contributed by atoms with Crippen LogP contribution in [0.1, 0.15) is 45.6 Å². The molecule has 1 aliphatic carbocycles. The minimum atomic E-state index is 0.243. The lowest BCUT2D eigenvalue weighted by Crippen LogP contribution is -2.25. The van der Waals surface area contributed by atoms with E-state index in [1.807, 2.05) is 0 Å². The monoisotopic (exact) mass is 247 g/mol. The zero-order valence-electron chi connectivity index (χ0n) is 11.8. The Morgan fingerprint density at radius 2 is 1.83 bits per heavy atom. The molecule has 0 aliphatic heterocycles. The fourth-order valence-corrected chi connectivity index (χ4v) is 2.19. The molecule has 0 bridgehead atoms. The maximum absolute atomic E-state index is 5.64. The minimum Gasteiger partial charge on any atom is -0.491 e. The van der Waals surface area contributed by atoms with Gasteiger partial charge in [0.15, 0.2) is 0 Å². The average Bonchev–Trinajstić information content (AvgIpc) is 3.11. The molecule has 0 radical (unpaired) electrons. The lowest BCUT2D eigenvalue weighted by atomic mass is 10.1. The molecular weight excluding hydrogens is 222 g/mol. The van der Waals surface area contributed by atoms with Gasteiger partial charge in [-0.3, -0.25) is 0 Å². The molecule has 0 amide bonds. The summed E-state index contributed by atoms with van der Waals surface area (Å²) in [7, 11) is 0. The number of hydrogen-bond acceptors (Lipinski definition) is 2. The predicted molar refractivity (Wildman–Crippen MR) is 75.8 cm³/mol. The summed E-state index contributed by atoms with van der Waals surface area (Å²) in [4.78, 5) is 0. The third-order valence-corrected chi connectivity index (χ3v) is 3.33. The molecule has 0 heterocycles. The molecule has 100 valence electrons. The van der Waals surface area contributed by atoms with Crippen molar-refractivity contribution >= 4 is 0 Å². The third-order valence-electron chi connectivity index (χ3n) is 3.33. The highest BCUT2D eigenvalue weighted by molar-refractivity contribution is 5.27. The molecule has 1 unspecified atom stereocenters. The van der Waals surface area contributed by atoms with Gasteiger partial charge in [-0.15, -0.1) is 0 Å². The van der Waals surface area contributed by atoms with Crippen molar-refractivity contribution in [3.05, 3.63) is 29.8 Å². The number of ether oxygens (including phenoxy) is 1. The molecule has 1 fully saturated rings. The standard InChI is InChI=1S/C16H25NO/c1-12(2)18-16-8-6-15(7-9-16)11-17-13(3)10-14-4-5-14/h6-9,12-14,17H,4-5,10-11H2,1-3H3. The van der Waals surface area contributed by atoms with E-state index in [2.05, 4.69) is 50.4 Å². The fourth-order valence-electron chi connectivity index (χ4n) is 2.19. The van der Waals surface area contributed by atoms with E-state index >= 15 is 0 Å². The molecule has 18 heavy (non-hydrogen) atoms. The van der Waals surface area contributed by atoms with E-state index < -0.39 is 0 Å². The summed E-state index contributed by atoms with van der Waals surface area (Å²) in [5, 5.41) is 3.59. The van der Waals surface area contributed by atoms with Crippen molar-refractivity contribution in [3.63, 3.8) is 0 Å². The maximum Gasteiger partial charge on any atom is 0.119 e. The number of nitrogens with one attached hydrogen (secondary N) is 1. The lowest BCUT2D eigenvalue weighted by Gasteiger charge is -2.14. The van der Waals surface area contributed by atoms with Crippen LogP contribution in [0.2, 0.25) is 0 Å².